The lowest BCUT2D eigenvalue weighted by Crippen LogP contribution is -2.48. The summed E-state index contributed by atoms with van der Waals surface area (Å²) in [5, 5.41) is 22.1. The number of piperidine rings is 1. The molecule has 0 unspecified atom stereocenters. The summed E-state index contributed by atoms with van der Waals surface area (Å²) in [7, 11) is 1.72. The van der Waals surface area contributed by atoms with E-state index in [0.29, 0.717) is 5.56 Å². The van der Waals surface area contributed by atoms with Crippen LogP contribution < -0.4 is 10.1 Å². The number of nitrogens with one attached hydrogen (secondary N) is 2. The number of carbonyl (C=O) groups excluding carboxylic acids is 1. The third kappa shape index (κ3) is 4.99. The Labute approximate surface area is 222 Å². The highest BCUT2D eigenvalue weighted by Gasteiger charge is 2.49. The minimum Gasteiger partial charge on any atom is -0.496 e. The van der Waals surface area contributed by atoms with Crippen LogP contribution in [0.3, 0.4) is 0 Å². The van der Waals surface area contributed by atoms with E-state index in [2.05, 4.69) is 40.3 Å². The maximum Gasteiger partial charge on any atom is 0.305 e. The quantitative estimate of drug-likeness (QED) is 0.392. The number of methoxy groups -OCH3 is 1. The molecule has 2 heterocycles. The Morgan fingerprint density at radius 1 is 1.24 bits per heavy atom. The normalized spacial score (nSPS) is 23.1. The molecule has 8 nitrogen and oxygen atoms in total. The molecule has 5 rings (SSSR count). The molecule has 3 N–H and O–H groups in total. The summed E-state index contributed by atoms with van der Waals surface area (Å²) < 4.78 is 5.82. The number of nitriles is 1. The molecular weight excluding hydrogens is 480 g/mol. The summed E-state index contributed by atoms with van der Waals surface area (Å²) in [6.07, 6.45) is 5.81. The second-order valence-corrected chi connectivity index (χ2v) is 10.8. The number of aliphatic carboxylic acids is 1. The molecule has 1 spiro atoms. The lowest BCUT2D eigenvalue weighted by molar-refractivity contribution is -0.136. The van der Waals surface area contributed by atoms with E-state index in [1.807, 2.05) is 30.5 Å². The number of likely N-dealkylation sites (tertiary alicyclic amines) is 1. The third-order valence-corrected chi connectivity index (χ3v) is 8.41. The van der Waals surface area contributed by atoms with E-state index in [1.54, 1.807) is 7.11 Å². The number of nitrogens with zero attached hydrogens (tertiary/aromatic N) is 2. The monoisotopic (exact) mass is 514 g/mol. The maximum atomic E-state index is 12.5. The topological polar surface area (TPSA) is 118 Å². The van der Waals surface area contributed by atoms with Crippen molar-refractivity contribution in [2.75, 3.05) is 20.2 Å². The number of fused-ring (bicyclic) bond motifs is 1. The predicted octanol–water partition coefficient (Wildman–Crippen LogP) is 4.95. The van der Waals surface area contributed by atoms with Gasteiger partial charge in [0.15, 0.2) is 0 Å². The molecule has 2 fully saturated rings. The van der Waals surface area contributed by atoms with Gasteiger partial charge in [0.2, 0.25) is 0 Å². The van der Waals surface area contributed by atoms with Gasteiger partial charge in [-0.05, 0) is 80.0 Å². The van der Waals surface area contributed by atoms with Crippen molar-refractivity contribution in [3.63, 3.8) is 0 Å². The molecule has 1 saturated carbocycles. The SMILES string of the molecule is COc1cc(C)c2[nH]ccc2c1CN1CCC2(CC(C#N)C2)C[C@H]1c1ccc(C(=O)NCCC(=O)O)cc1. The lowest BCUT2D eigenvalue weighted by atomic mass is 9.56. The van der Waals surface area contributed by atoms with Gasteiger partial charge in [0.1, 0.15) is 5.75 Å². The van der Waals surface area contributed by atoms with Gasteiger partial charge in [-0.3, -0.25) is 14.5 Å². The van der Waals surface area contributed by atoms with Crippen molar-refractivity contribution >= 4 is 22.8 Å². The van der Waals surface area contributed by atoms with Gasteiger partial charge in [-0.15, -0.1) is 0 Å². The number of aromatic amines is 1. The number of benzene rings is 2. The van der Waals surface area contributed by atoms with Crippen LogP contribution in [-0.4, -0.2) is 47.1 Å². The molecule has 1 aliphatic carbocycles. The average molecular weight is 515 g/mol. The predicted molar refractivity (Wildman–Crippen MR) is 144 cm³/mol. The minimum absolute atomic E-state index is 0.0981. The molecule has 0 bridgehead atoms. The number of carboxylic acid groups (broad SMARTS) is 1. The number of hydrogen-bond donors (Lipinski definition) is 3. The second kappa shape index (κ2) is 10.5. The summed E-state index contributed by atoms with van der Waals surface area (Å²) in [4.78, 5) is 29.1. The number of carboxylic acids is 1. The number of carbonyl (C=O) groups is 2. The smallest absolute Gasteiger partial charge is 0.305 e. The standard InChI is InChI=1S/C30H34N4O4/c1-19-13-26(38-2)24(23-7-10-32-28(19)23)18-34-12-9-30(14-20(15-30)17-31)16-25(34)21-3-5-22(6-4-21)29(37)33-11-8-27(35)36/h3-7,10,13,20,25,32H,8-9,11-12,14-16,18H2,1-2H3,(H,33,37)(H,35,36)/t20?,25-,30?/m0/s1. The number of aromatic nitrogens is 1. The molecule has 1 atom stereocenters. The number of H-pyrrole nitrogens is 1. The van der Waals surface area contributed by atoms with Crippen molar-refractivity contribution < 1.29 is 19.4 Å². The second-order valence-electron chi connectivity index (χ2n) is 10.8. The van der Waals surface area contributed by atoms with Gasteiger partial charge in [-0.1, -0.05) is 12.1 Å². The van der Waals surface area contributed by atoms with E-state index in [-0.39, 0.29) is 36.2 Å². The molecule has 3 aromatic rings. The zero-order valence-corrected chi connectivity index (χ0v) is 21.9. The van der Waals surface area contributed by atoms with E-state index in [4.69, 9.17) is 9.84 Å². The fraction of sp³-hybridized carbons (Fsp3) is 0.433. The van der Waals surface area contributed by atoms with Gasteiger partial charge in [-0.2, -0.15) is 5.26 Å². The number of ether oxygens (including phenoxy) is 1. The fourth-order valence-corrected chi connectivity index (χ4v) is 6.37. The van der Waals surface area contributed by atoms with Crippen LogP contribution in [0, 0.1) is 29.6 Å². The zero-order chi connectivity index (χ0) is 26.9. The van der Waals surface area contributed by atoms with E-state index in [0.717, 1.165) is 66.7 Å². The van der Waals surface area contributed by atoms with Crippen molar-refractivity contribution in [1.29, 1.82) is 5.26 Å². The van der Waals surface area contributed by atoms with Crippen LogP contribution >= 0.6 is 0 Å². The molecule has 198 valence electrons. The number of amides is 1. The third-order valence-electron chi connectivity index (χ3n) is 8.41. The first-order valence-corrected chi connectivity index (χ1v) is 13.2. The summed E-state index contributed by atoms with van der Waals surface area (Å²) in [6, 6.07) is 14.5. The van der Waals surface area contributed by atoms with Gasteiger partial charge in [0.05, 0.1) is 19.6 Å². The number of aryl methyl sites for hydroxylation is 1. The van der Waals surface area contributed by atoms with Crippen LogP contribution in [0.4, 0.5) is 0 Å². The van der Waals surface area contributed by atoms with Gasteiger partial charge >= 0.3 is 5.97 Å². The van der Waals surface area contributed by atoms with Crippen LogP contribution in [0.2, 0.25) is 0 Å². The zero-order valence-electron chi connectivity index (χ0n) is 21.9. The molecule has 2 aliphatic rings. The van der Waals surface area contributed by atoms with E-state index < -0.39 is 5.97 Å². The Hall–Kier alpha value is -3.83. The van der Waals surface area contributed by atoms with Gasteiger partial charge in [-0.25, -0.2) is 0 Å². The molecule has 8 heteroatoms. The molecule has 38 heavy (non-hydrogen) atoms. The summed E-state index contributed by atoms with van der Waals surface area (Å²) >= 11 is 0. The fourth-order valence-electron chi connectivity index (χ4n) is 6.37. The molecule has 1 amide bonds. The van der Waals surface area contributed by atoms with Crippen LogP contribution in [-0.2, 0) is 11.3 Å². The summed E-state index contributed by atoms with van der Waals surface area (Å²) in [5.41, 5.74) is 5.28. The molecule has 1 saturated heterocycles. The van der Waals surface area contributed by atoms with Crippen molar-refractivity contribution in [2.45, 2.75) is 51.6 Å². The highest BCUT2D eigenvalue weighted by atomic mass is 16.5. The van der Waals surface area contributed by atoms with Crippen molar-refractivity contribution in [3.05, 3.63) is 64.8 Å². The Morgan fingerprint density at radius 3 is 2.68 bits per heavy atom. The Morgan fingerprint density at radius 2 is 2.00 bits per heavy atom. The van der Waals surface area contributed by atoms with Crippen LogP contribution in [0.5, 0.6) is 5.75 Å². The highest BCUT2D eigenvalue weighted by molar-refractivity contribution is 5.94. The molecule has 1 aliphatic heterocycles. The van der Waals surface area contributed by atoms with E-state index in [9.17, 15) is 14.9 Å². The largest absolute Gasteiger partial charge is 0.496 e. The average Bonchev–Trinajstić information content (AvgIpc) is 3.39. The summed E-state index contributed by atoms with van der Waals surface area (Å²) in [5.74, 6) is -0.181. The maximum absolute atomic E-state index is 12.5. The molecule has 0 radical (unpaired) electrons. The Bertz CT molecular complexity index is 1380. The first-order valence-electron chi connectivity index (χ1n) is 13.2. The minimum atomic E-state index is -0.941. The molecular formula is C30H34N4O4. The van der Waals surface area contributed by atoms with Crippen LogP contribution in [0.1, 0.15) is 65.2 Å². The van der Waals surface area contributed by atoms with Crippen molar-refractivity contribution in [3.8, 4) is 11.8 Å². The van der Waals surface area contributed by atoms with Gasteiger partial charge in [0, 0.05) is 53.3 Å². The molecule has 1 aromatic heterocycles. The molecule has 2 aromatic carbocycles. The van der Waals surface area contributed by atoms with Crippen LogP contribution in [0.15, 0.2) is 42.6 Å². The first-order chi connectivity index (χ1) is 18.3. The van der Waals surface area contributed by atoms with Gasteiger partial charge in [0.25, 0.3) is 5.91 Å². The Kier molecular flexibility index (Phi) is 7.13. The van der Waals surface area contributed by atoms with E-state index in [1.165, 1.54) is 5.39 Å². The van der Waals surface area contributed by atoms with Crippen molar-refractivity contribution in [2.24, 2.45) is 11.3 Å². The lowest BCUT2D eigenvalue weighted by Gasteiger charge is -2.53. The first kappa shape index (κ1) is 25.8. The van der Waals surface area contributed by atoms with E-state index >= 15 is 0 Å². The number of rotatable bonds is 8. The van der Waals surface area contributed by atoms with Crippen LogP contribution in [0.25, 0.3) is 10.9 Å². The Balaban J connectivity index is 1.41. The highest BCUT2D eigenvalue weighted by Crippen LogP contribution is 2.56. The van der Waals surface area contributed by atoms with Gasteiger partial charge < -0.3 is 20.1 Å². The summed E-state index contributed by atoms with van der Waals surface area (Å²) in [6.45, 7) is 3.84. The number of hydrogen-bond acceptors (Lipinski definition) is 5. The van der Waals surface area contributed by atoms with Crippen molar-refractivity contribution in [1.82, 2.24) is 15.2 Å².